The van der Waals surface area contributed by atoms with E-state index in [0.29, 0.717) is 17.4 Å². The third-order valence-corrected chi connectivity index (χ3v) is 14.1. The summed E-state index contributed by atoms with van der Waals surface area (Å²) < 4.78 is 34.6. The van der Waals surface area contributed by atoms with E-state index in [-0.39, 0.29) is 25.6 Å². The van der Waals surface area contributed by atoms with Gasteiger partial charge in [-0.05, 0) is 12.8 Å². The van der Waals surface area contributed by atoms with Crippen LogP contribution >= 0.6 is 7.82 Å². The fraction of sp³-hybridized carbons (Fsp3) is 0.964. The quantitative estimate of drug-likeness (QED) is 0.0278. The minimum Gasteiger partial charge on any atom is -0.462 e. The van der Waals surface area contributed by atoms with Crippen molar-refractivity contribution in [2.24, 2.45) is 0 Å². The number of phosphoric acid groups is 1. The third kappa shape index (κ3) is 52.4. The van der Waals surface area contributed by atoms with Crippen LogP contribution in [-0.2, 0) is 32.7 Å². The fourth-order valence-corrected chi connectivity index (χ4v) is 9.41. The predicted molar refractivity (Wildman–Crippen MR) is 280 cm³/mol. The number of hydrogen-bond acceptors (Lipinski definition) is 7. The average molecular weight is 959 g/mol. The highest BCUT2D eigenvalue weighted by atomic mass is 31.2. The summed E-state index contributed by atoms with van der Waals surface area (Å²) in [5, 5.41) is 0. The van der Waals surface area contributed by atoms with Crippen molar-refractivity contribution in [2.45, 2.75) is 302 Å². The Hall–Kier alpha value is -0.990. The second-order valence-corrected chi connectivity index (χ2v) is 22.5. The standard InChI is InChI=1S/C56H112NO8P/c1-6-8-10-12-14-16-18-20-22-24-26-28-29-31-33-35-37-39-41-43-45-47-49-56(59)65-54(53-64-66(60,61)63-51-50-57(3,4)5)52-62-55(58)48-46-44-42-40-38-36-34-32-30-27-25-23-21-19-17-15-13-11-9-7-2/h54H,6-53H2,1-5H3/p+1/t54-/m1/s1. The van der Waals surface area contributed by atoms with Gasteiger partial charge in [0.15, 0.2) is 6.10 Å². The highest BCUT2D eigenvalue weighted by Gasteiger charge is 2.27. The van der Waals surface area contributed by atoms with Crippen molar-refractivity contribution >= 4 is 19.8 Å². The van der Waals surface area contributed by atoms with E-state index in [9.17, 15) is 19.0 Å². The Morgan fingerprint density at radius 3 is 0.970 bits per heavy atom. The molecule has 0 radical (unpaired) electrons. The normalized spacial score (nSPS) is 13.2. The number of carbonyl (C=O) groups is 2. The molecule has 0 aromatic rings. The van der Waals surface area contributed by atoms with E-state index in [1.807, 2.05) is 21.1 Å². The number of quaternary nitrogens is 1. The Balaban J connectivity index is 4.12. The van der Waals surface area contributed by atoms with Gasteiger partial charge in [-0.2, -0.15) is 0 Å². The van der Waals surface area contributed by atoms with E-state index >= 15 is 0 Å². The van der Waals surface area contributed by atoms with Crippen LogP contribution in [0.3, 0.4) is 0 Å². The molecule has 0 spiro atoms. The number of likely N-dealkylation sites (N-methyl/N-ethyl adjacent to an activating group) is 1. The van der Waals surface area contributed by atoms with Gasteiger partial charge in [-0.25, -0.2) is 4.57 Å². The van der Waals surface area contributed by atoms with Crippen LogP contribution in [0.2, 0.25) is 0 Å². The molecule has 66 heavy (non-hydrogen) atoms. The summed E-state index contributed by atoms with van der Waals surface area (Å²) >= 11 is 0. The van der Waals surface area contributed by atoms with Crippen LogP contribution in [0.25, 0.3) is 0 Å². The van der Waals surface area contributed by atoms with Crippen LogP contribution in [-0.4, -0.2) is 74.9 Å². The zero-order valence-electron chi connectivity index (χ0n) is 44.7. The molecule has 1 N–H and O–H groups in total. The lowest BCUT2D eigenvalue weighted by Crippen LogP contribution is -2.37. The van der Waals surface area contributed by atoms with E-state index < -0.39 is 26.5 Å². The van der Waals surface area contributed by atoms with Gasteiger partial charge in [-0.1, -0.05) is 271 Å². The van der Waals surface area contributed by atoms with Crippen LogP contribution in [0.15, 0.2) is 0 Å². The summed E-state index contributed by atoms with van der Waals surface area (Å²) in [5.74, 6) is -0.773. The van der Waals surface area contributed by atoms with E-state index in [1.165, 1.54) is 231 Å². The van der Waals surface area contributed by atoms with E-state index in [2.05, 4.69) is 13.8 Å². The molecule has 0 aliphatic carbocycles. The van der Waals surface area contributed by atoms with Crippen LogP contribution < -0.4 is 0 Å². The lowest BCUT2D eigenvalue weighted by molar-refractivity contribution is -0.870. The zero-order chi connectivity index (χ0) is 48.5. The van der Waals surface area contributed by atoms with Crippen LogP contribution in [0.4, 0.5) is 0 Å². The number of carbonyl (C=O) groups excluding carboxylic acids is 2. The number of rotatable bonds is 54. The minimum absolute atomic E-state index is 0.0374. The topological polar surface area (TPSA) is 108 Å². The lowest BCUT2D eigenvalue weighted by Gasteiger charge is -2.24. The monoisotopic (exact) mass is 959 g/mol. The second-order valence-electron chi connectivity index (χ2n) is 21.0. The fourth-order valence-electron chi connectivity index (χ4n) is 8.67. The Bertz CT molecular complexity index is 1080. The summed E-state index contributed by atoms with van der Waals surface area (Å²) in [5.41, 5.74) is 0. The maximum absolute atomic E-state index is 12.8. The number of hydrogen-bond donors (Lipinski definition) is 1. The minimum atomic E-state index is -4.38. The maximum Gasteiger partial charge on any atom is 0.472 e. The summed E-state index contributed by atoms with van der Waals surface area (Å²) in [6.07, 6.45) is 54.5. The molecule has 0 heterocycles. The van der Waals surface area contributed by atoms with Crippen LogP contribution in [0, 0.1) is 0 Å². The molecule has 0 aliphatic heterocycles. The molecule has 0 fully saturated rings. The van der Waals surface area contributed by atoms with Crippen molar-refractivity contribution in [3.8, 4) is 0 Å². The molecule has 0 aromatic heterocycles. The number of esters is 2. The molecule has 2 atom stereocenters. The number of phosphoric ester groups is 1. The first-order chi connectivity index (χ1) is 32.0. The largest absolute Gasteiger partial charge is 0.472 e. The van der Waals surface area contributed by atoms with Crippen LogP contribution in [0.1, 0.15) is 296 Å². The number of ether oxygens (including phenoxy) is 2. The molecule has 0 aromatic carbocycles. The summed E-state index contributed by atoms with van der Waals surface area (Å²) in [6, 6.07) is 0. The molecular weight excluding hydrogens is 846 g/mol. The lowest BCUT2D eigenvalue weighted by atomic mass is 10.0. The van der Waals surface area contributed by atoms with E-state index in [0.717, 1.165) is 38.5 Å². The SMILES string of the molecule is CCCCCCCCCCCCCCCCCCCCCCCCC(=O)O[C@H](COC(=O)CCCCCCCCCCCCCCCCCCCCCC)COP(=O)(O)OCC[N+](C)(C)C. The van der Waals surface area contributed by atoms with Crippen molar-refractivity contribution in [3.05, 3.63) is 0 Å². The van der Waals surface area contributed by atoms with Crippen molar-refractivity contribution in [3.63, 3.8) is 0 Å². The molecule has 0 aliphatic rings. The maximum atomic E-state index is 12.8. The average Bonchev–Trinajstić information content (AvgIpc) is 3.27. The molecule has 0 amide bonds. The number of unbranched alkanes of at least 4 members (excludes halogenated alkanes) is 40. The Labute approximate surface area is 410 Å². The molecule has 0 rings (SSSR count). The Kier molecular flexibility index (Phi) is 48.3. The van der Waals surface area contributed by atoms with Gasteiger partial charge < -0.3 is 18.9 Å². The first-order valence-corrected chi connectivity index (χ1v) is 30.3. The molecule has 394 valence electrons. The van der Waals surface area contributed by atoms with Crippen LogP contribution in [0.5, 0.6) is 0 Å². The van der Waals surface area contributed by atoms with E-state index in [4.69, 9.17) is 18.5 Å². The predicted octanol–water partition coefficient (Wildman–Crippen LogP) is 17.5. The highest BCUT2D eigenvalue weighted by molar-refractivity contribution is 7.47. The summed E-state index contributed by atoms with van der Waals surface area (Å²) in [4.78, 5) is 35.7. The molecule has 0 saturated heterocycles. The van der Waals surface area contributed by atoms with Gasteiger partial charge in [-0.15, -0.1) is 0 Å². The molecule has 9 nitrogen and oxygen atoms in total. The van der Waals surface area contributed by atoms with E-state index in [1.54, 1.807) is 0 Å². The molecule has 1 unspecified atom stereocenters. The second kappa shape index (κ2) is 49.0. The number of nitrogens with zero attached hydrogens (tertiary/aromatic N) is 1. The molecular formula is C56H113NO8P+. The first kappa shape index (κ1) is 65.0. The Morgan fingerprint density at radius 1 is 0.409 bits per heavy atom. The molecule has 0 bridgehead atoms. The summed E-state index contributed by atoms with van der Waals surface area (Å²) in [6.45, 7) is 4.51. The van der Waals surface area contributed by atoms with Crippen molar-refractivity contribution in [2.75, 3.05) is 47.5 Å². The van der Waals surface area contributed by atoms with Gasteiger partial charge in [0.25, 0.3) is 0 Å². The van der Waals surface area contributed by atoms with Gasteiger partial charge in [0, 0.05) is 12.8 Å². The zero-order valence-corrected chi connectivity index (χ0v) is 45.6. The first-order valence-electron chi connectivity index (χ1n) is 28.8. The molecule has 0 saturated carbocycles. The van der Waals surface area contributed by atoms with Gasteiger partial charge in [-0.3, -0.25) is 18.6 Å². The smallest absolute Gasteiger partial charge is 0.462 e. The third-order valence-electron chi connectivity index (χ3n) is 13.1. The van der Waals surface area contributed by atoms with Gasteiger partial charge in [0.2, 0.25) is 0 Å². The van der Waals surface area contributed by atoms with Gasteiger partial charge in [0.05, 0.1) is 27.7 Å². The highest BCUT2D eigenvalue weighted by Crippen LogP contribution is 2.43. The van der Waals surface area contributed by atoms with Crippen molar-refractivity contribution < 1.29 is 42.1 Å². The van der Waals surface area contributed by atoms with Gasteiger partial charge >= 0.3 is 19.8 Å². The van der Waals surface area contributed by atoms with Gasteiger partial charge in [0.1, 0.15) is 19.8 Å². The summed E-state index contributed by atoms with van der Waals surface area (Å²) in [7, 11) is 1.50. The Morgan fingerprint density at radius 2 is 0.682 bits per heavy atom. The molecule has 10 heteroatoms. The van der Waals surface area contributed by atoms with Crippen molar-refractivity contribution in [1.29, 1.82) is 0 Å². The van der Waals surface area contributed by atoms with Crippen molar-refractivity contribution in [1.82, 2.24) is 0 Å².